The summed E-state index contributed by atoms with van der Waals surface area (Å²) >= 11 is 0. The number of rotatable bonds is 7. The Hall–Kier alpha value is -1.59. The fraction of sp³-hybridized carbons (Fsp3) is 0.632. The first-order valence-electron chi connectivity index (χ1n) is 8.66. The predicted octanol–water partition coefficient (Wildman–Crippen LogP) is 2.40. The molecule has 1 aromatic carbocycles. The van der Waals surface area contributed by atoms with E-state index in [1.54, 1.807) is 7.11 Å². The number of ether oxygens (including phenoxy) is 2. The number of likely N-dealkylation sites (tertiary alicyclic amines) is 1. The van der Waals surface area contributed by atoms with Crippen LogP contribution in [-0.4, -0.2) is 62.1 Å². The van der Waals surface area contributed by atoms with E-state index in [1.165, 1.54) is 0 Å². The number of carbonyl (C=O) groups is 1. The highest BCUT2D eigenvalue weighted by molar-refractivity contribution is 5.81. The van der Waals surface area contributed by atoms with E-state index in [1.807, 2.05) is 36.1 Å². The zero-order valence-electron chi connectivity index (χ0n) is 15.5. The number of likely N-dealkylation sites (N-methyl/N-ethyl adjacent to an activating group) is 1. The minimum absolute atomic E-state index is 0.0840. The summed E-state index contributed by atoms with van der Waals surface area (Å²) in [5, 5.41) is 0. The van der Waals surface area contributed by atoms with Crippen LogP contribution in [0.15, 0.2) is 24.3 Å². The Bertz CT molecular complexity index is 547. The summed E-state index contributed by atoms with van der Waals surface area (Å²) in [6.45, 7) is 6.05. The Morgan fingerprint density at radius 1 is 1.38 bits per heavy atom. The maximum Gasteiger partial charge on any atom is 0.251 e. The van der Waals surface area contributed by atoms with E-state index >= 15 is 0 Å². The lowest BCUT2D eigenvalue weighted by Crippen LogP contribution is -2.40. The average molecular weight is 334 g/mol. The van der Waals surface area contributed by atoms with Gasteiger partial charge in [-0.05, 0) is 44.6 Å². The van der Waals surface area contributed by atoms with Crippen molar-refractivity contribution >= 4 is 5.91 Å². The van der Waals surface area contributed by atoms with Crippen LogP contribution in [0.25, 0.3) is 0 Å². The summed E-state index contributed by atoms with van der Waals surface area (Å²) in [5.41, 5.74) is 1.01. The molecule has 1 amide bonds. The Balaban J connectivity index is 1.90. The van der Waals surface area contributed by atoms with Gasteiger partial charge >= 0.3 is 0 Å². The van der Waals surface area contributed by atoms with Crippen LogP contribution in [0.4, 0.5) is 0 Å². The van der Waals surface area contributed by atoms with Gasteiger partial charge in [0.15, 0.2) is 0 Å². The molecular formula is C19H30N2O3. The van der Waals surface area contributed by atoms with Crippen LogP contribution in [-0.2, 0) is 16.1 Å². The van der Waals surface area contributed by atoms with Gasteiger partial charge in [0.05, 0.1) is 13.7 Å². The van der Waals surface area contributed by atoms with Crippen molar-refractivity contribution in [3.63, 3.8) is 0 Å². The first kappa shape index (κ1) is 18.7. The van der Waals surface area contributed by atoms with Crippen LogP contribution in [0.3, 0.4) is 0 Å². The van der Waals surface area contributed by atoms with Crippen molar-refractivity contribution in [2.24, 2.45) is 5.92 Å². The van der Waals surface area contributed by atoms with Crippen LogP contribution >= 0.6 is 0 Å². The zero-order valence-corrected chi connectivity index (χ0v) is 15.5. The quantitative estimate of drug-likeness (QED) is 0.768. The molecule has 0 aliphatic carbocycles. The van der Waals surface area contributed by atoms with Gasteiger partial charge in [0, 0.05) is 19.1 Å². The molecule has 0 saturated carbocycles. The van der Waals surface area contributed by atoms with E-state index < -0.39 is 6.10 Å². The average Bonchev–Trinajstić information content (AvgIpc) is 3.03. The van der Waals surface area contributed by atoms with E-state index in [2.05, 4.69) is 25.9 Å². The third kappa shape index (κ3) is 4.48. The molecule has 0 aromatic heterocycles. The minimum atomic E-state index is -0.436. The van der Waals surface area contributed by atoms with Crippen LogP contribution in [0.5, 0.6) is 5.75 Å². The van der Waals surface area contributed by atoms with Gasteiger partial charge in [-0.15, -0.1) is 0 Å². The monoisotopic (exact) mass is 334 g/mol. The molecule has 1 heterocycles. The number of carbonyl (C=O) groups excluding carboxylic acids is 1. The summed E-state index contributed by atoms with van der Waals surface area (Å²) in [6, 6.07) is 8.17. The maximum atomic E-state index is 12.7. The largest absolute Gasteiger partial charge is 0.497 e. The van der Waals surface area contributed by atoms with Crippen molar-refractivity contribution in [1.29, 1.82) is 0 Å². The van der Waals surface area contributed by atoms with Gasteiger partial charge in [-0.25, -0.2) is 0 Å². The molecule has 5 heteroatoms. The van der Waals surface area contributed by atoms with Gasteiger partial charge < -0.3 is 19.3 Å². The van der Waals surface area contributed by atoms with E-state index in [-0.39, 0.29) is 5.91 Å². The molecule has 1 fully saturated rings. The third-order valence-electron chi connectivity index (χ3n) is 4.89. The summed E-state index contributed by atoms with van der Waals surface area (Å²) < 4.78 is 11.0. The highest BCUT2D eigenvalue weighted by Crippen LogP contribution is 2.24. The molecular weight excluding hydrogens is 304 g/mol. The third-order valence-corrected chi connectivity index (χ3v) is 4.89. The molecule has 2 rings (SSSR count). The zero-order chi connectivity index (χ0) is 17.7. The Labute approximate surface area is 145 Å². The molecule has 24 heavy (non-hydrogen) atoms. The van der Waals surface area contributed by atoms with Crippen molar-refractivity contribution in [2.45, 2.75) is 39.0 Å². The van der Waals surface area contributed by atoms with Crippen molar-refractivity contribution in [1.82, 2.24) is 9.80 Å². The summed E-state index contributed by atoms with van der Waals surface area (Å²) in [6.07, 6.45) is 0.653. The Kier molecular flexibility index (Phi) is 6.63. The van der Waals surface area contributed by atoms with Crippen LogP contribution < -0.4 is 4.74 Å². The number of hydrogen-bond donors (Lipinski definition) is 0. The van der Waals surface area contributed by atoms with Gasteiger partial charge in [-0.2, -0.15) is 0 Å². The highest BCUT2D eigenvalue weighted by atomic mass is 16.5. The van der Waals surface area contributed by atoms with E-state index in [0.29, 0.717) is 18.6 Å². The number of benzene rings is 1. The molecule has 1 saturated heterocycles. The van der Waals surface area contributed by atoms with Crippen molar-refractivity contribution in [3.8, 4) is 5.75 Å². The molecule has 1 aromatic rings. The van der Waals surface area contributed by atoms with E-state index in [0.717, 1.165) is 30.8 Å². The van der Waals surface area contributed by atoms with Gasteiger partial charge in [0.2, 0.25) is 0 Å². The first-order chi connectivity index (χ1) is 11.5. The van der Waals surface area contributed by atoms with Crippen LogP contribution in [0.2, 0.25) is 0 Å². The molecule has 3 atom stereocenters. The maximum absolute atomic E-state index is 12.7. The van der Waals surface area contributed by atoms with E-state index in [4.69, 9.17) is 9.47 Å². The summed E-state index contributed by atoms with van der Waals surface area (Å²) in [4.78, 5) is 16.9. The Morgan fingerprint density at radius 3 is 2.71 bits per heavy atom. The van der Waals surface area contributed by atoms with Gasteiger partial charge in [-0.3, -0.25) is 4.79 Å². The van der Waals surface area contributed by atoms with Crippen molar-refractivity contribution < 1.29 is 14.3 Å². The Morgan fingerprint density at radius 2 is 2.12 bits per heavy atom. The smallest absolute Gasteiger partial charge is 0.251 e. The molecule has 0 bridgehead atoms. The second-order valence-corrected chi connectivity index (χ2v) is 6.75. The second-order valence-electron chi connectivity index (χ2n) is 6.75. The SMILES string of the molecule is CC[C@@H]1CN(C(=O)[C@H](C)OCc2cccc(OC)c2)C[C@@H]1N(C)C. The summed E-state index contributed by atoms with van der Waals surface area (Å²) in [5.74, 6) is 1.42. The first-order valence-corrected chi connectivity index (χ1v) is 8.66. The van der Waals surface area contributed by atoms with Crippen LogP contribution in [0.1, 0.15) is 25.8 Å². The molecule has 1 aliphatic rings. The molecule has 0 N–H and O–H groups in total. The minimum Gasteiger partial charge on any atom is -0.497 e. The topological polar surface area (TPSA) is 42.0 Å². The number of methoxy groups -OCH3 is 1. The second kappa shape index (κ2) is 8.49. The fourth-order valence-electron chi connectivity index (χ4n) is 3.33. The van der Waals surface area contributed by atoms with Crippen molar-refractivity contribution in [2.75, 3.05) is 34.3 Å². The normalized spacial score (nSPS) is 22.0. The van der Waals surface area contributed by atoms with Gasteiger partial charge in [-0.1, -0.05) is 25.5 Å². The molecule has 0 radical (unpaired) electrons. The molecule has 0 unspecified atom stereocenters. The number of amides is 1. The molecule has 0 spiro atoms. The highest BCUT2D eigenvalue weighted by Gasteiger charge is 2.36. The molecule has 1 aliphatic heterocycles. The molecule has 5 nitrogen and oxygen atoms in total. The standard InChI is InChI=1S/C19H30N2O3/c1-6-16-11-21(12-18(16)20(3)4)19(22)14(2)24-13-15-8-7-9-17(10-15)23-5/h7-10,14,16,18H,6,11-13H2,1-5H3/t14-,16+,18-/m0/s1. The number of hydrogen-bond acceptors (Lipinski definition) is 4. The lowest BCUT2D eigenvalue weighted by atomic mass is 10.0. The fourth-order valence-corrected chi connectivity index (χ4v) is 3.33. The molecule has 134 valence electrons. The van der Waals surface area contributed by atoms with E-state index in [9.17, 15) is 4.79 Å². The predicted molar refractivity (Wildman–Crippen MR) is 95.1 cm³/mol. The van der Waals surface area contributed by atoms with Crippen LogP contribution in [0, 0.1) is 5.92 Å². The van der Waals surface area contributed by atoms with Crippen molar-refractivity contribution in [3.05, 3.63) is 29.8 Å². The summed E-state index contributed by atoms with van der Waals surface area (Å²) in [7, 11) is 5.82. The lowest BCUT2D eigenvalue weighted by molar-refractivity contribution is -0.142. The lowest BCUT2D eigenvalue weighted by Gasteiger charge is -2.24. The van der Waals surface area contributed by atoms with Gasteiger partial charge in [0.25, 0.3) is 5.91 Å². The number of nitrogens with zero attached hydrogens (tertiary/aromatic N) is 2. The van der Waals surface area contributed by atoms with Gasteiger partial charge in [0.1, 0.15) is 11.9 Å².